The van der Waals surface area contributed by atoms with Gasteiger partial charge in [-0.3, -0.25) is 14.5 Å². The highest BCUT2D eigenvalue weighted by molar-refractivity contribution is 6.15. The van der Waals surface area contributed by atoms with E-state index < -0.39 is 0 Å². The van der Waals surface area contributed by atoms with Crippen molar-refractivity contribution in [3.8, 4) is 0 Å². The Labute approximate surface area is 76.8 Å². The third kappa shape index (κ3) is 2.15. The van der Waals surface area contributed by atoms with Crippen LogP contribution in [0.25, 0.3) is 0 Å². The van der Waals surface area contributed by atoms with Crippen molar-refractivity contribution in [2.24, 2.45) is 0 Å². The number of hydrogen-bond acceptors (Lipinski definition) is 3. The van der Waals surface area contributed by atoms with E-state index in [2.05, 4.69) is 0 Å². The fraction of sp³-hybridized carbons (Fsp3) is 0.556. The summed E-state index contributed by atoms with van der Waals surface area (Å²) < 4.78 is 0. The number of amides is 2. The second-order valence-electron chi connectivity index (χ2n) is 3.05. The molecule has 0 unspecified atom stereocenters. The lowest BCUT2D eigenvalue weighted by Gasteiger charge is -2.13. The molecule has 0 aromatic carbocycles. The summed E-state index contributed by atoms with van der Waals surface area (Å²) in [6.45, 7) is 2.14. The van der Waals surface area contributed by atoms with Crippen LogP contribution in [0.3, 0.4) is 0 Å². The van der Waals surface area contributed by atoms with Crippen LogP contribution in [0.5, 0.6) is 0 Å². The Balaban J connectivity index is 2.44. The lowest BCUT2D eigenvalue weighted by Crippen LogP contribution is -2.31. The van der Waals surface area contributed by atoms with Gasteiger partial charge in [-0.25, -0.2) is 0 Å². The first kappa shape index (κ1) is 9.92. The van der Waals surface area contributed by atoms with Gasteiger partial charge < -0.3 is 5.11 Å². The summed E-state index contributed by atoms with van der Waals surface area (Å²) in [6, 6.07) is 0. The van der Waals surface area contributed by atoms with Gasteiger partial charge in [-0.05, 0) is 19.8 Å². The van der Waals surface area contributed by atoms with Crippen LogP contribution in [0.1, 0.15) is 19.8 Å². The van der Waals surface area contributed by atoms with Crippen LogP contribution in [-0.4, -0.2) is 35.0 Å². The molecule has 0 bridgehead atoms. The zero-order valence-corrected chi connectivity index (χ0v) is 7.62. The number of nitrogens with zero attached hydrogens (tertiary/aromatic N) is 1. The first-order chi connectivity index (χ1) is 6.16. The number of aliphatic hydroxyl groups excluding tert-OH is 1. The molecule has 0 aliphatic carbocycles. The van der Waals surface area contributed by atoms with Crippen LogP contribution in [0.4, 0.5) is 0 Å². The Bertz CT molecular complexity index is 258. The molecule has 0 radical (unpaired) electrons. The van der Waals surface area contributed by atoms with Crippen molar-refractivity contribution in [2.45, 2.75) is 19.8 Å². The quantitative estimate of drug-likeness (QED) is 0.496. The zero-order chi connectivity index (χ0) is 9.84. The molecule has 0 aromatic heterocycles. The van der Waals surface area contributed by atoms with Crippen LogP contribution < -0.4 is 0 Å². The van der Waals surface area contributed by atoms with Crippen LogP contribution in [0.2, 0.25) is 0 Å². The van der Waals surface area contributed by atoms with Crippen molar-refractivity contribution in [2.75, 3.05) is 13.2 Å². The molecule has 0 atom stereocenters. The summed E-state index contributed by atoms with van der Waals surface area (Å²) in [5.41, 5.74) is 0.494. The van der Waals surface area contributed by atoms with E-state index in [-0.39, 0.29) is 18.4 Å². The number of hydrogen-bond donors (Lipinski definition) is 1. The minimum absolute atomic E-state index is 0.0998. The van der Waals surface area contributed by atoms with Crippen molar-refractivity contribution in [1.29, 1.82) is 0 Å². The largest absolute Gasteiger partial charge is 0.396 e. The summed E-state index contributed by atoms with van der Waals surface area (Å²) in [4.78, 5) is 23.7. The number of rotatable bonds is 4. The van der Waals surface area contributed by atoms with Crippen LogP contribution in [-0.2, 0) is 9.59 Å². The number of imide groups is 1. The molecule has 13 heavy (non-hydrogen) atoms. The molecule has 1 heterocycles. The zero-order valence-electron chi connectivity index (χ0n) is 7.62. The Kier molecular flexibility index (Phi) is 3.19. The maximum atomic E-state index is 11.3. The van der Waals surface area contributed by atoms with Gasteiger partial charge in [-0.2, -0.15) is 0 Å². The fourth-order valence-corrected chi connectivity index (χ4v) is 1.23. The summed E-state index contributed by atoms with van der Waals surface area (Å²) in [5, 5.41) is 8.52. The molecule has 0 fully saturated rings. The molecule has 2 amide bonds. The summed E-state index contributed by atoms with van der Waals surface area (Å²) >= 11 is 0. The normalized spacial score (nSPS) is 16.8. The van der Waals surface area contributed by atoms with Crippen molar-refractivity contribution in [3.63, 3.8) is 0 Å². The second kappa shape index (κ2) is 4.18. The smallest absolute Gasteiger partial charge is 0.256 e. The van der Waals surface area contributed by atoms with E-state index in [0.29, 0.717) is 25.0 Å². The number of aliphatic hydroxyl groups is 1. The van der Waals surface area contributed by atoms with E-state index in [9.17, 15) is 9.59 Å². The van der Waals surface area contributed by atoms with Gasteiger partial charge in [0.1, 0.15) is 0 Å². The standard InChI is InChI=1S/C9H13NO3/c1-7-6-8(12)10(9(7)13)4-2-3-5-11/h6,11H,2-5H2,1H3. The molecule has 4 nitrogen and oxygen atoms in total. The highest BCUT2D eigenvalue weighted by atomic mass is 16.3. The van der Waals surface area contributed by atoms with E-state index >= 15 is 0 Å². The average molecular weight is 183 g/mol. The van der Waals surface area contributed by atoms with Gasteiger partial charge in [0, 0.05) is 24.8 Å². The predicted molar refractivity (Wildman–Crippen MR) is 46.8 cm³/mol. The SMILES string of the molecule is CC1=CC(=O)N(CCCCO)C1=O. The Morgan fingerprint density at radius 1 is 1.38 bits per heavy atom. The third-order valence-electron chi connectivity index (χ3n) is 1.98. The molecule has 0 saturated heterocycles. The molecular weight excluding hydrogens is 170 g/mol. The Hall–Kier alpha value is -1.16. The lowest BCUT2D eigenvalue weighted by atomic mass is 10.3. The molecule has 4 heteroatoms. The van der Waals surface area contributed by atoms with E-state index in [4.69, 9.17) is 5.11 Å². The van der Waals surface area contributed by atoms with Gasteiger partial charge >= 0.3 is 0 Å². The highest BCUT2D eigenvalue weighted by Crippen LogP contribution is 2.12. The van der Waals surface area contributed by atoms with Crippen molar-refractivity contribution < 1.29 is 14.7 Å². The van der Waals surface area contributed by atoms with Gasteiger partial charge in [0.2, 0.25) is 0 Å². The second-order valence-corrected chi connectivity index (χ2v) is 3.05. The minimum atomic E-state index is -0.236. The predicted octanol–water partition coefficient (Wildman–Crippen LogP) is 0.0740. The molecule has 72 valence electrons. The van der Waals surface area contributed by atoms with E-state index in [1.54, 1.807) is 6.92 Å². The van der Waals surface area contributed by atoms with Crippen molar-refractivity contribution >= 4 is 11.8 Å². The molecule has 1 N–H and O–H groups in total. The number of carbonyl (C=O) groups is 2. The first-order valence-corrected chi connectivity index (χ1v) is 4.32. The van der Waals surface area contributed by atoms with Crippen molar-refractivity contribution in [3.05, 3.63) is 11.6 Å². The van der Waals surface area contributed by atoms with Gasteiger partial charge in [0.15, 0.2) is 0 Å². The van der Waals surface area contributed by atoms with Crippen LogP contribution >= 0.6 is 0 Å². The first-order valence-electron chi connectivity index (χ1n) is 4.32. The fourth-order valence-electron chi connectivity index (χ4n) is 1.23. The highest BCUT2D eigenvalue weighted by Gasteiger charge is 2.27. The monoisotopic (exact) mass is 183 g/mol. The molecule has 0 saturated carbocycles. The number of unbranched alkanes of at least 4 members (excludes halogenated alkanes) is 1. The van der Waals surface area contributed by atoms with E-state index in [1.807, 2.05) is 0 Å². The molecule has 1 aliphatic rings. The van der Waals surface area contributed by atoms with Gasteiger partial charge in [0.25, 0.3) is 11.8 Å². The molecule has 0 spiro atoms. The maximum Gasteiger partial charge on any atom is 0.256 e. The molecule has 1 rings (SSSR count). The van der Waals surface area contributed by atoms with Crippen LogP contribution in [0.15, 0.2) is 11.6 Å². The Morgan fingerprint density at radius 3 is 2.54 bits per heavy atom. The van der Waals surface area contributed by atoms with Crippen LogP contribution in [0, 0.1) is 0 Å². The minimum Gasteiger partial charge on any atom is -0.396 e. The summed E-state index contributed by atoms with van der Waals surface area (Å²) in [7, 11) is 0. The Morgan fingerprint density at radius 2 is 2.08 bits per heavy atom. The third-order valence-corrected chi connectivity index (χ3v) is 1.98. The summed E-state index contributed by atoms with van der Waals surface area (Å²) in [5.74, 6) is -0.441. The molecule has 1 aliphatic heterocycles. The van der Waals surface area contributed by atoms with Gasteiger partial charge in [-0.1, -0.05) is 0 Å². The van der Waals surface area contributed by atoms with Gasteiger partial charge in [0.05, 0.1) is 0 Å². The van der Waals surface area contributed by atoms with E-state index in [1.165, 1.54) is 11.0 Å². The van der Waals surface area contributed by atoms with Gasteiger partial charge in [-0.15, -0.1) is 0 Å². The topological polar surface area (TPSA) is 57.6 Å². The maximum absolute atomic E-state index is 11.3. The summed E-state index contributed by atoms with van der Waals surface area (Å²) in [6.07, 6.45) is 2.63. The molecular formula is C9H13NO3. The van der Waals surface area contributed by atoms with Crippen molar-refractivity contribution in [1.82, 2.24) is 4.90 Å². The average Bonchev–Trinajstić information content (AvgIpc) is 2.32. The molecule has 0 aromatic rings. The van der Waals surface area contributed by atoms with E-state index in [0.717, 1.165) is 0 Å². The lowest BCUT2D eigenvalue weighted by molar-refractivity contribution is -0.137. The number of carbonyl (C=O) groups excluding carboxylic acids is 2.